The van der Waals surface area contributed by atoms with E-state index in [9.17, 15) is 23.3 Å². The summed E-state index contributed by atoms with van der Waals surface area (Å²) in [6, 6.07) is 30.8. The Morgan fingerprint density at radius 2 is 1.68 bits per heavy atom. The highest BCUT2D eigenvalue weighted by molar-refractivity contribution is 7.90. The van der Waals surface area contributed by atoms with Crippen molar-refractivity contribution < 1.29 is 27.6 Å². The second-order valence-electron chi connectivity index (χ2n) is 18.9. The van der Waals surface area contributed by atoms with Gasteiger partial charge in [0, 0.05) is 67.8 Å². The van der Waals surface area contributed by atoms with Gasteiger partial charge in [0.05, 0.1) is 27.6 Å². The van der Waals surface area contributed by atoms with Crippen LogP contribution in [0.5, 0.6) is 11.5 Å². The van der Waals surface area contributed by atoms with Gasteiger partial charge in [-0.15, -0.1) is 0 Å². The predicted molar refractivity (Wildman–Crippen MR) is 248 cm³/mol. The number of aromatic amines is 1. The van der Waals surface area contributed by atoms with Gasteiger partial charge < -0.3 is 19.4 Å². The third-order valence-corrected chi connectivity index (χ3v) is 15.8. The Morgan fingerprint density at radius 1 is 0.908 bits per heavy atom. The van der Waals surface area contributed by atoms with Gasteiger partial charge in [-0.05, 0) is 140 Å². The van der Waals surface area contributed by atoms with Gasteiger partial charge in [0.25, 0.3) is 21.6 Å². The molecule has 6 aromatic rings. The van der Waals surface area contributed by atoms with Crippen molar-refractivity contribution in [3.05, 3.63) is 142 Å². The number of likely N-dealkylation sites (tertiary alicyclic amines) is 1. The molecular weight excluding hydrogens is 841 g/mol. The monoisotopic (exact) mass is 892 g/mol. The molecule has 334 valence electrons. The van der Waals surface area contributed by atoms with Crippen LogP contribution in [0, 0.1) is 21.4 Å². The van der Waals surface area contributed by atoms with Crippen LogP contribution in [0.25, 0.3) is 22.2 Å². The number of amides is 1. The zero-order chi connectivity index (χ0) is 44.3. The molecule has 3 saturated heterocycles. The molecule has 1 amide bonds. The fourth-order valence-electron chi connectivity index (χ4n) is 11.2. The predicted octanol–water partition coefficient (Wildman–Crippen LogP) is 9.70. The average Bonchev–Trinajstić information content (AvgIpc) is 3.83. The summed E-state index contributed by atoms with van der Waals surface area (Å²) in [5, 5.41) is 13.1. The fourth-order valence-corrected chi connectivity index (χ4v) is 12.2. The summed E-state index contributed by atoms with van der Waals surface area (Å²) in [7, 11) is -4.54. The normalized spacial score (nSPS) is 20.1. The molecule has 2 aromatic heterocycles. The number of anilines is 1. The van der Waals surface area contributed by atoms with Crippen molar-refractivity contribution in [3.63, 3.8) is 0 Å². The van der Waals surface area contributed by atoms with Crippen LogP contribution in [0.2, 0.25) is 0 Å². The van der Waals surface area contributed by atoms with E-state index in [0.29, 0.717) is 41.4 Å². The molecule has 65 heavy (non-hydrogen) atoms. The number of sulfonamides is 1. The first-order chi connectivity index (χ1) is 31.6. The number of benzene rings is 4. The molecule has 14 heteroatoms. The lowest BCUT2D eigenvalue weighted by molar-refractivity contribution is -0.385. The zero-order valence-corrected chi connectivity index (χ0v) is 37.0. The molecule has 5 fully saturated rings. The highest BCUT2D eigenvalue weighted by Crippen LogP contribution is 2.54. The Hall–Kier alpha value is -6.09. The second-order valence-corrected chi connectivity index (χ2v) is 20.6. The summed E-state index contributed by atoms with van der Waals surface area (Å²) in [5.74, 6) is 0.492. The number of aromatic nitrogens is 2. The van der Waals surface area contributed by atoms with Crippen molar-refractivity contribution in [1.29, 1.82) is 0 Å². The van der Waals surface area contributed by atoms with Gasteiger partial charge in [-0.2, -0.15) is 0 Å². The number of nitrogens with one attached hydrogen (secondary N) is 2. The standard InChI is InChI=1S/C51H52N6O7S/c58-50(54-65(61,62)42-15-11-37(47(27-42)57(59)60)24-33-28-51(29-33)31-55(32-51)39-18-22-63-23-19-39)45-16-12-36(26-48(45)64-41-25-38-17-20-52-49(38)53-30-41)34-9-13-40(14-10-34)56-21-3-6-46(56)44-5-2-1-4-43(44)35-7-8-35/h1-2,4-5,9-17,20,25-27,30,33,35,39,46H,3,6-8,18-19,21-24,28-29,31-32H2,(H,52,53)(H,54,58)/t46-/m1/s1. The first kappa shape index (κ1) is 41.6. The van der Waals surface area contributed by atoms with Crippen LogP contribution in [0.1, 0.15) is 90.4 Å². The number of hydrogen-bond donors (Lipinski definition) is 2. The molecule has 1 atom stereocenters. The molecule has 2 aliphatic carbocycles. The number of fused-ring (bicyclic) bond motifs is 1. The highest BCUT2D eigenvalue weighted by atomic mass is 32.2. The van der Waals surface area contributed by atoms with Crippen molar-refractivity contribution >= 4 is 38.3 Å². The molecule has 2 saturated carbocycles. The maximum Gasteiger partial charge on any atom is 0.273 e. The molecule has 11 rings (SSSR count). The number of H-pyrrole nitrogens is 1. The number of carbonyl (C=O) groups is 1. The summed E-state index contributed by atoms with van der Waals surface area (Å²) in [6.07, 6.45) is 12.7. The Morgan fingerprint density at radius 3 is 2.45 bits per heavy atom. The molecular formula is C51H52N6O7S. The summed E-state index contributed by atoms with van der Waals surface area (Å²) in [5.41, 5.74) is 6.84. The molecule has 0 radical (unpaired) electrons. The molecule has 0 unspecified atom stereocenters. The van der Waals surface area contributed by atoms with Crippen LogP contribution >= 0.6 is 0 Å². The topological polar surface area (TPSA) is 160 Å². The van der Waals surface area contributed by atoms with E-state index in [4.69, 9.17) is 9.47 Å². The molecule has 13 nitrogen and oxygen atoms in total. The van der Waals surface area contributed by atoms with Crippen LogP contribution in [-0.4, -0.2) is 73.0 Å². The van der Waals surface area contributed by atoms with E-state index in [2.05, 4.69) is 73.0 Å². The van der Waals surface area contributed by atoms with E-state index in [1.165, 1.54) is 42.3 Å². The van der Waals surface area contributed by atoms with Crippen LogP contribution in [0.15, 0.2) is 114 Å². The lowest BCUT2D eigenvalue weighted by atomic mass is 9.56. The number of nitro groups is 1. The first-order valence-electron chi connectivity index (χ1n) is 23.0. The van der Waals surface area contributed by atoms with Gasteiger partial charge in [0.1, 0.15) is 17.1 Å². The first-order valence-corrected chi connectivity index (χ1v) is 24.4. The minimum Gasteiger partial charge on any atom is -0.455 e. The number of carbonyl (C=O) groups excluding carboxylic acids is 1. The molecule has 3 aliphatic heterocycles. The Bertz CT molecular complexity index is 2890. The average molecular weight is 893 g/mol. The van der Waals surface area contributed by atoms with Crippen molar-refractivity contribution in [3.8, 4) is 22.6 Å². The van der Waals surface area contributed by atoms with Crippen LogP contribution in [0.3, 0.4) is 0 Å². The van der Waals surface area contributed by atoms with E-state index in [1.807, 2.05) is 6.07 Å². The smallest absolute Gasteiger partial charge is 0.273 e. The van der Waals surface area contributed by atoms with Gasteiger partial charge in [-0.1, -0.05) is 48.5 Å². The van der Waals surface area contributed by atoms with E-state index in [-0.39, 0.29) is 33.2 Å². The number of nitrogens with zero attached hydrogens (tertiary/aromatic N) is 4. The van der Waals surface area contributed by atoms with Gasteiger partial charge in [0.15, 0.2) is 0 Å². The zero-order valence-electron chi connectivity index (χ0n) is 36.2. The lowest BCUT2D eigenvalue weighted by Gasteiger charge is -2.61. The minimum atomic E-state index is -4.54. The molecule has 2 N–H and O–H groups in total. The van der Waals surface area contributed by atoms with E-state index >= 15 is 0 Å². The van der Waals surface area contributed by atoms with Crippen molar-refractivity contribution in [1.82, 2.24) is 19.6 Å². The number of nitro benzene ring substituents is 1. The third-order valence-electron chi connectivity index (χ3n) is 14.5. The number of pyridine rings is 1. The lowest BCUT2D eigenvalue weighted by Crippen LogP contribution is -2.65. The Balaban J connectivity index is 0.816. The number of ether oxygens (including phenoxy) is 2. The molecule has 5 heterocycles. The maximum atomic E-state index is 14.0. The number of rotatable bonds is 13. The fraction of sp³-hybridized carbons (Fsp3) is 0.373. The summed E-state index contributed by atoms with van der Waals surface area (Å²) < 4.78 is 41.7. The Labute approximate surface area is 378 Å². The second kappa shape index (κ2) is 16.7. The minimum absolute atomic E-state index is 0.0336. The van der Waals surface area contributed by atoms with E-state index < -0.39 is 20.9 Å². The van der Waals surface area contributed by atoms with Crippen molar-refractivity contribution in [2.24, 2.45) is 11.3 Å². The molecule has 0 bridgehead atoms. The largest absolute Gasteiger partial charge is 0.455 e. The van der Waals surface area contributed by atoms with Crippen molar-refractivity contribution in [2.75, 3.05) is 37.7 Å². The summed E-state index contributed by atoms with van der Waals surface area (Å²) >= 11 is 0. The van der Waals surface area contributed by atoms with Gasteiger partial charge >= 0.3 is 0 Å². The summed E-state index contributed by atoms with van der Waals surface area (Å²) in [6.45, 7) is 4.72. The quantitative estimate of drug-likeness (QED) is 0.0844. The van der Waals surface area contributed by atoms with E-state index in [1.54, 1.807) is 30.5 Å². The molecule has 5 aliphatic rings. The van der Waals surface area contributed by atoms with Gasteiger partial charge in [0.2, 0.25) is 0 Å². The highest BCUT2D eigenvalue weighted by Gasteiger charge is 2.53. The SMILES string of the molecule is O=C(NS(=O)(=O)c1ccc(CC2CC3(C2)CN(C2CCOCC2)C3)c([N+](=O)[O-])c1)c1ccc(-c2ccc(N3CCC[C@@H]3c3ccccc3C3CC3)cc2)cc1Oc1cnc2[nH]ccc2c1. The van der Waals surface area contributed by atoms with Crippen LogP contribution < -0.4 is 14.4 Å². The Kier molecular flexibility index (Phi) is 10.7. The maximum absolute atomic E-state index is 14.0. The van der Waals surface area contributed by atoms with E-state index in [0.717, 1.165) is 99.6 Å². The number of hydrogen-bond acceptors (Lipinski definition) is 10. The van der Waals surface area contributed by atoms with Crippen molar-refractivity contribution in [2.45, 2.75) is 80.7 Å². The third kappa shape index (κ3) is 8.27. The molecule has 1 spiro atoms. The van der Waals surface area contributed by atoms with Crippen LogP contribution in [0.4, 0.5) is 11.4 Å². The summed E-state index contributed by atoms with van der Waals surface area (Å²) in [4.78, 5) is 38.0. The molecule has 4 aromatic carbocycles. The van der Waals surface area contributed by atoms with Gasteiger partial charge in [-0.25, -0.2) is 18.1 Å². The van der Waals surface area contributed by atoms with Crippen LogP contribution in [-0.2, 0) is 21.2 Å². The van der Waals surface area contributed by atoms with Gasteiger partial charge in [-0.3, -0.25) is 19.8 Å².